The molecule has 25 heavy (non-hydrogen) atoms. The summed E-state index contributed by atoms with van der Waals surface area (Å²) in [5.41, 5.74) is 1.08. The van der Waals surface area contributed by atoms with Crippen molar-refractivity contribution in [3.63, 3.8) is 0 Å². The topological polar surface area (TPSA) is 37.2 Å². The predicted molar refractivity (Wildman–Crippen MR) is 101 cm³/mol. The van der Waals surface area contributed by atoms with E-state index in [0.717, 1.165) is 37.0 Å². The second-order valence-electron chi connectivity index (χ2n) is 6.85. The smallest absolute Gasteiger partial charge is 0.223 e. The SMILES string of the molecule is Cc1nc(N2C[C@@H]3CN(C)[C@@H](c4cccc(F)c4)[C@@H]3C2)n(C)n1.Cl.Cl. The largest absolute Gasteiger partial charge is 0.340 e. The average molecular weight is 388 g/mol. The van der Waals surface area contributed by atoms with Crippen LogP contribution in [0.3, 0.4) is 0 Å². The Balaban J connectivity index is 0.00000113. The lowest BCUT2D eigenvalue weighted by molar-refractivity contribution is 0.279. The number of anilines is 1. The zero-order valence-electron chi connectivity index (χ0n) is 14.6. The molecule has 0 N–H and O–H groups in total. The van der Waals surface area contributed by atoms with Gasteiger partial charge in [-0.1, -0.05) is 12.1 Å². The van der Waals surface area contributed by atoms with Crippen LogP contribution in [0.2, 0.25) is 0 Å². The zero-order chi connectivity index (χ0) is 16.1. The fraction of sp³-hybridized carbons (Fsp3) is 0.529. The summed E-state index contributed by atoms with van der Waals surface area (Å²) in [6.45, 7) is 4.90. The molecule has 2 aliphatic heterocycles. The van der Waals surface area contributed by atoms with Gasteiger partial charge in [-0.25, -0.2) is 9.07 Å². The fourth-order valence-corrected chi connectivity index (χ4v) is 4.39. The van der Waals surface area contributed by atoms with Crippen LogP contribution in [-0.4, -0.2) is 46.3 Å². The number of hydrogen-bond donors (Lipinski definition) is 0. The number of halogens is 3. The maximum Gasteiger partial charge on any atom is 0.223 e. The summed E-state index contributed by atoms with van der Waals surface area (Å²) in [5, 5.41) is 4.36. The van der Waals surface area contributed by atoms with E-state index in [2.05, 4.69) is 26.9 Å². The first-order valence-electron chi connectivity index (χ1n) is 8.11. The van der Waals surface area contributed by atoms with Gasteiger partial charge in [0, 0.05) is 38.6 Å². The van der Waals surface area contributed by atoms with Crippen LogP contribution in [0.25, 0.3) is 0 Å². The van der Waals surface area contributed by atoms with E-state index in [9.17, 15) is 4.39 Å². The van der Waals surface area contributed by atoms with Crippen molar-refractivity contribution >= 4 is 30.8 Å². The third kappa shape index (κ3) is 3.48. The molecule has 3 atom stereocenters. The first-order chi connectivity index (χ1) is 11.0. The quantitative estimate of drug-likeness (QED) is 0.793. The summed E-state index contributed by atoms with van der Waals surface area (Å²) >= 11 is 0. The highest BCUT2D eigenvalue weighted by Gasteiger charge is 2.47. The Morgan fingerprint density at radius 3 is 2.52 bits per heavy atom. The molecule has 0 bridgehead atoms. The molecule has 3 heterocycles. The lowest BCUT2D eigenvalue weighted by Gasteiger charge is -2.27. The molecule has 0 aliphatic carbocycles. The Kier molecular flexibility index (Phi) is 5.97. The summed E-state index contributed by atoms with van der Waals surface area (Å²) in [5.74, 6) is 2.68. The fourth-order valence-electron chi connectivity index (χ4n) is 4.39. The first kappa shape index (κ1) is 19.9. The highest BCUT2D eigenvalue weighted by Crippen LogP contribution is 2.44. The molecule has 0 radical (unpaired) electrons. The summed E-state index contributed by atoms with van der Waals surface area (Å²) in [6.07, 6.45) is 0. The summed E-state index contributed by atoms with van der Waals surface area (Å²) < 4.78 is 15.5. The molecule has 0 saturated carbocycles. The minimum Gasteiger partial charge on any atom is -0.340 e. The summed E-state index contributed by atoms with van der Waals surface area (Å²) in [7, 11) is 4.09. The van der Waals surface area contributed by atoms with Gasteiger partial charge in [-0.3, -0.25) is 4.90 Å². The van der Waals surface area contributed by atoms with E-state index in [0.29, 0.717) is 11.8 Å². The van der Waals surface area contributed by atoms with Gasteiger partial charge in [-0.05, 0) is 37.6 Å². The minimum atomic E-state index is -0.155. The molecule has 0 amide bonds. The van der Waals surface area contributed by atoms with Crippen LogP contribution in [0.15, 0.2) is 24.3 Å². The standard InChI is InChI=1S/C17H22FN5.2ClH/c1-11-19-17(22(3)20-11)23-9-13-8-21(2)16(15(13)10-23)12-5-4-6-14(18)7-12;;/h4-7,13,15-16H,8-10H2,1-3H3;2*1H/t13-,15+,16-;;/m0../s1. The van der Waals surface area contributed by atoms with Gasteiger partial charge in [-0.15, -0.1) is 24.8 Å². The van der Waals surface area contributed by atoms with E-state index in [-0.39, 0.29) is 36.7 Å². The van der Waals surface area contributed by atoms with E-state index >= 15 is 0 Å². The molecule has 2 aliphatic rings. The number of aryl methyl sites for hydroxylation is 2. The van der Waals surface area contributed by atoms with Crippen LogP contribution in [0.4, 0.5) is 10.3 Å². The third-order valence-corrected chi connectivity index (χ3v) is 5.21. The molecule has 138 valence electrons. The van der Waals surface area contributed by atoms with Gasteiger partial charge in [0.25, 0.3) is 0 Å². The van der Waals surface area contributed by atoms with Crippen LogP contribution < -0.4 is 4.90 Å². The Morgan fingerprint density at radius 2 is 1.88 bits per heavy atom. The lowest BCUT2D eigenvalue weighted by Crippen LogP contribution is -2.30. The van der Waals surface area contributed by atoms with Crippen molar-refractivity contribution in [2.75, 3.05) is 31.6 Å². The third-order valence-electron chi connectivity index (χ3n) is 5.21. The van der Waals surface area contributed by atoms with Gasteiger partial charge < -0.3 is 4.90 Å². The van der Waals surface area contributed by atoms with Gasteiger partial charge in [0.05, 0.1) is 0 Å². The molecule has 1 aromatic heterocycles. The minimum absolute atomic E-state index is 0. The van der Waals surface area contributed by atoms with Crippen molar-refractivity contribution in [3.8, 4) is 0 Å². The number of fused-ring (bicyclic) bond motifs is 1. The number of rotatable bonds is 2. The van der Waals surface area contributed by atoms with Gasteiger partial charge in [0.1, 0.15) is 11.6 Å². The van der Waals surface area contributed by atoms with Gasteiger partial charge in [-0.2, -0.15) is 10.1 Å². The molecule has 2 fully saturated rings. The van der Waals surface area contributed by atoms with Crippen LogP contribution in [0.1, 0.15) is 17.4 Å². The highest BCUT2D eigenvalue weighted by atomic mass is 35.5. The van der Waals surface area contributed by atoms with Crippen molar-refractivity contribution in [1.29, 1.82) is 0 Å². The Labute approximate surface area is 160 Å². The second-order valence-corrected chi connectivity index (χ2v) is 6.85. The highest BCUT2D eigenvalue weighted by molar-refractivity contribution is 5.85. The lowest BCUT2D eigenvalue weighted by atomic mass is 9.89. The number of aromatic nitrogens is 3. The maximum atomic E-state index is 13.6. The number of benzene rings is 1. The van der Waals surface area contributed by atoms with Crippen molar-refractivity contribution in [1.82, 2.24) is 19.7 Å². The summed E-state index contributed by atoms with van der Waals surface area (Å²) in [4.78, 5) is 9.25. The van der Waals surface area contributed by atoms with E-state index in [4.69, 9.17) is 0 Å². The van der Waals surface area contributed by atoms with Crippen LogP contribution in [0.5, 0.6) is 0 Å². The van der Waals surface area contributed by atoms with Gasteiger partial charge >= 0.3 is 0 Å². The maximum absolute atomic E-state index is 13.6. The molecule has 2 aromatic rings. The number of hydrogen-bond acceptors (Lipinski definition) is 4. The molecular weight excluding hydrogens is 364 g/mol. The molecule has 5 nitrogen and oxygen atoms in total. The van der Waals surface area contributed by atoms with Gasteiger partial charge in [0.2, 0.25) is 5.95 Å². The summed E-state index contributed by atoms with van der Waals surface area (Å²) in [6, 6.07) is 7.32. The molecule has 8 heteroatoms. The molecular formula is C17H24Cl2FN5. The number of likely N-dealkylation sites (tertiary alicyclic amines) is 1. The van der Waals surface area contributed by atoms with E-state index < -0.39 is 0 Å². The molecule has 4 rings (SSSR count). The Morgan fingerprint density at radius 1 is 1.12 bits per heavy atom. The Hall–Kier alpha value is -1.37. The second kappa shape index (κ2) is 7.48. The van der Waals surface area contributed by atoms with Crippen molar-refractivity contribution in [2.45, 2.75) is 13.0 Å². The van der Waals surface area contributed by atoms with Crippen molar-refractivity contribution in [2.24, 2.45) is 18.9 Å². The van der Waals surface area contributed by atoms with Crippen LogP contribution in [0, 0.1) is 24.6 Å². The molecule has 0 unspecified atom stereocenters. The molecule has 0 spiro atoms. The van der Waals surface area contributed by atoms with Crippen LogP contribution in [-0.2, 0) is 7.05 Å². The monoisotopic (exact) mass is 387 g/mol. The first-order valence-corrected chi connectivity index (χ1v) is 8.11. The van der Waals surface area contributed by atoms with Crippen molar-refractivity contribution < 1.29 is 4.39 Å². The Bertz CT molecular complexity index is 738. The van der Waals surface area contributed by atoms with E-state index in [1.54, 1.807) is 6.07 Å². The average Bonchev–Trinajstić information content (AvgIpc) is 3.10. The van der Waals surface area contributed by atoms with E-state index in [1.165, 1.54) is 6.07 Å². The normalized spacial score (nSPS) is 25.4. The molecule has 2 saturated heterocycles. The van der Waals surface area contributed by atoms with Crippen LogP contribution >= 0.6 is 24.8 Å². The number of nitrogens with zero attached hydrogens (tertiary/aromatic N) is 5. The van der Waals surface area contributed by atoms with E-state index in [1.807, 2.05) is 30.8 Å². The predicted octanol–water partition coefficient (Wildman–Crippen LogP) is 2.85. The van der Waals surface area contributed by atoms with Gasteiger partial charge in [0.15, 0.2) is 0 Å². The molecule has 1 aromatic carbocycles. The van der Waals surface area contributed by atoms with Crippen molar-refractivity contribution in [3.05, 3.63) is 41.5 Å². The zero-order valence-corrected chi connectivity index (χ0v) is 16.2.